The third kappa shape index (κ3) is 4.26. The summed E-state index contributed by atoms with van der Waals surface area (Å²) < 4.78 is 16.7. The molecular formula is C21H29N5O6S2. The van der Waals surface area contributed by atoms with Gasteiger partial charge in [0.15, 0.2) is 15.5 Å². The van der Waals surface area contributed by atoms with Crippen LogP contribution in [0.5, 0.6) is 0 Å². The molecule has 0 aromatic carbocycles. The van der Waals surface area contributed by atoms with E-state index in [0.717, 1.165) is 54.6 Å². The van der Waals surface area contributed by atoms with Crippen molar-refractivity contribution in [2.24, 2.45) is 9.50 Å². The number of nitrogens with zero attached hydrogens (tertiary/aromatic N) is 3. The number of aliphatic hydroxyl groups is 4. The van der Waals surface area contributed by atoms with Crippen LogP contribution < -0.4 is 10.5 Å². The molecule has 4 rings (SSSR count). The zero-order valence-corrected chi connectivity index (χ0v) is 20.6. The van der Waals surface area contributed by atoms with Gasteiger partial charge < -0.3 is 25.7 Å². The van der Waals surface area contributed by atoms with Crippen LogP contribution in [0, 0.1) is 0 Å². The summed E-state index contributed by atoms with van der Waals surface area (Å²) in [6, 6.07) is -0.905. The van der Waals surface area contributed by atoms with Gasteiger partial charge >= 0.3 is 6.03 Å². The Morgan fingerprint density at radius 1 is 1.21 bits per heavy atom. The van der Waals surface area contributed by atoms with Crippen LogP contribution in [-0.2, 0) is 46.8 Å². The molecule has 2 amide bonds. The fourth-order valence-corrected chi connectivity index (χ4v) is 7.01. The molecule has 1 atom stereocenters. The second-order valence-electron chi connectivity index (χ2n) is 9.33. The number of aromatic nitrogens is 2. The van der Waals surface area contributed by atoms with E-state index in [-0.39, 0.29) is 20.3 Å². The Labute approximate surface area is 201 Å². The van der Waals surface area contributed by atoms with E-state index in [2.05, 4.69) is 28.5 Å². The summed E-state index contributed by atoms with van der Waals surface area (Å²) in [5.74, 6) is 0. The fourth-order valence-electron chi connectivity index (χ4n) is 4.48. The SMILES string of the molecule is CC1(C)CCc2c1nc1c(c2NC(=O)N=[S@@](N)(=O)c2sc(C(O)(CO)CO)nc2CO)CCC1. The molecule has 7 N–H and O–H groups in total. The van der Waals surface area contributed by atoms with E-state index in [1.165, 1.54) is 0 Å². The number of hydrogen-bond donors (Lipinski definition) is 6. The maximum atomic E-state index is 13.2. The first-order chi connectivity index (χ1) is 16.0. The normalized spacial score (nSPS) is 18.3. The number of aliphatic hydroxyl groups excluding tert-OH is 3. The first-order valence-electron chi connectivity index (χ1n) is 10.9. The molecule has 2 aromatic heterocycles. The van der Waals surface area contributed by atoms with Crippen molar-refractivity contribution in [1.29, 1.82) is 0 Å². The monoisotopic (exact) mass is 511 g/mol. The van der Waals surface area contributed by atoms with Crippen molar-refractivity contribution in [1.82, 2.24) is 9.97 Å². The predicted octanol–water partition coefficient (Wildman–Crippen LogP) is 0.848. The van der Waals surface area contributed by atoms with E-state index >= 15 is 0 Å². The Kier molecular flexibility index (Phi) is 6.57. The van der Waals surface area contributed by atoms with Crippen molar-refractivity contribution in [3.8, 4) is 0 Å². The Morgan fingerprint density at radius 2 is 1.91 bits per heavy atom. The van der Waals surface area contributed by atoms with Crippen LogP contribution in [0.1, 0.15) is 59.9 Å². The summed E-state index contributed by atoms with van der Waals surface area (Å²) in [5.41, 5.74) is 2.12. The van der Waals surface area contributed by atoms with Gasteiger partial charge in [0.25, 0.3) is 0 Å². The Morgan fingerprint density at radius 3 is 2.56 bits per heavy atom. The van der Waals surface area contributed by atoms with Gasteiger partial charge in [0.05, 0.1) is 36.9 Å². The van der Waals surface area contributed by atoms with Crippen molar-refractivity contribution in [3.05, 3.63) is 33.2 Å². The summed E-state index contributed by atoms with van der Waals surface area (Å²) in [4.78, 5) is 21.7. The van der Waals surface area contributed by atoms with Crippen molar-refractivity contribution >= 4 is 33.0 Å². The van der Waals surface area contributed by atoms with Crippen LogP contribution >= 0.6 is 11.3 Å². The number of carbonyl (C=O) groups excluding carboxylic acids is 1. The summed E-state index contributed by atoms with van der Waals surface area (Å²) in [7, 11) is -3.86. The second-order valence-corrected chi connectivity index (χ2v) is 12.3. The minimum atomic E-state index is -3.86. The molecule has 2 aliphatic rings. The molecule has 13 heteroatoms. The Hall–Kier alpha value is -2.00. The van der Waals surface area contributed by atoms with Crippen molar-refractivity contribution in [2.45, 2.75) is 67.8 Å². The molecule has 0 unspecified atom stereocenters. The summed E-state index contributed by atoms with van der Waals surface area (Å²) in [6.07, 6.45) is 4.19. The molecule has 0 fully saturated rings. The number of carbonyl (C=O) groups is 1. The van der Waals surface area contributed by atoms with E-state index in [4.69, 9.17) is 10.1 Å². The highest BCUT2D eigenvalue weighted by atomic mass is 32.2. The molecule has 186 valence electrons. The maximum absolute atomic E-state index is 13.2. The van der Waals surface area contributed by atoms with Crippen LogP contribution in [0.15, 0.2) is 8.57 Å². The van der Waals surface area contributed by atoms with Gasteiger partial charge in [-0.05, 0) is 43.2 Å². The van der Waals surface area contributed by atoms with Gasteiger partial charge in [0, 0.05) is 11.1 Å². The molecule has 2 aromatic rings. The van der Waals surface area contributed by atoms with Crippen molar-refractivity contribution in [2.75, 3.05) is 18.5 Å². The molecule has 0 radical (unpaired) electrons. The highest BCUT2D eigenvalue weighted by molar-refractivity contribution is 7.93. The number of anilines is 1. The number of amides is 2. The molecule has 2 aliphatic carbocycles. The number of hydrogen-bond acceptors (Lipinski definition) is 9. The average Bonchev–Trinajstić information content (AvgIpc) is 3.50. The third-order valence-corrected chi connectivity index (χ3v) is 9.67. The number of thiazole rings is 1. The molecule has 11 nitrogen and oxygen atoms in total. The predicted molar refractivity (Wildman–Crippen MR) is 126 cm³/mol. The number of urea groups is 1. The van der Waals surface area contributed by atoms with E-state index in [9.17, 15) is 29.4 Å². The van der Waals surface area contributed by atoms with Gasteiger partial charge in [-0.2, -0.15) is 0 Å². The van der Waals surface area contributed by atoms with Crippen LogP contribution in [-0.4, -0.2) is 53.8 Å². The lowest BCUT2D eigenvalue weighted by atomic mass is 9.90. The van der Waals surface area contributed by atoms with Crippen molar-refractivity contribution < 1.29 is 29.4 Å². The summed E-state index contributed by atoms with van der Waals surface area (Å²) in [5, 5.41) is 47.3. The number of rotatable bonds is 6. The molecule has 0 spiro atoms. The number of pyridine rings is 1. The lowest BCUT2D eigenvalue weighted by Crippen LogP contribution is -2.34. The topological polar surface area (TPSA) is 191 Å². The zero-order chi connectivity index (χ0) is 24.9. The minimum absolute atomic E-state index is 0.115. The minimum Gasteiger partial charge on any atom is -0.393 e. The fraction of sp³-hybridized carbons (Fsp3) is 0.571. The lowest BCUT2D eigenvalue weighted by molar-refractivity contribution is -0.0600. The largest absolute Gasteiger partial charge is 0.393 e. The number of nitrogens with one attached hydrogen (secondary N) is 1. The molecular weight excluding hydrogens is 482 g/mol. The van der Waals surface area contributed by atoms with Crippen molar-refractivity contribution in [3.63, 3.8) is 0 Å². The summed E-state index contributed by atoms with van der Waals surface area (Å²) in [6.45, 7) is 1.82. The summed E-state index contributed by atoms with van der Waals surface area (Å²) >= 11 is 0.610. The van der Waals surface area contributed by atoms with E-state index in [1.807, 2.05) is 0 Å². The van der Waals surface area contributed by atoms with Gasteiger partial charge in [-0.3, -0.25) is 4.98 Å². The Balaban J connectivity index is 1.72. The zero-order valence-electron chi connectivity index (χ0n) is 19.0. The average molecular weight is 512 g/mol. The van der Waals surface area contributed by atoms with Crippen LogP contribution in [0.2, 0.25) is 0 Å². The van der Waals surface area contributed by atoms with Gasteiger partial charge in [0.2, 0.25) is 0 Å². The van der Waals surface area contributed by atoms with Crippen LogP contribution in [0.3, 0.4) is 0 Å². The number of fused-ring (bicyclic) bond motifs is 2. The van der Waals surface area contributed by atoms with E-state index in [0.29, 0.717) is 17.0 Å². The molecule has 0 saturated carbocycles. The van der Waals surface area contributed by atoms with Crippen LogP contribution in [0.25, 0.3) is 0 Å². The standard InChI is InChI=1S/C21H29N5O6S2/c1-20(2)7-6-12-15(11-4-3-5-13(11)23-16(12)20)25-19(30)26-34(22,32)17-14(8-27)24-18(33-17)21(31,9-28)10-29/h27-29,31H,3-10H2,1-2H3,(H3,22,23,25,26,30,32)/t34-/m1/s1. The lowest BCUT2D eigenvalue weighted by Gasteiger charge is -2.20. The van der Waals surface area contributed by atoms with Gasteiger partial charge in [-0.15, -0.1) is 15.7 Å². The van der Waals surface area contributed by atoms with E-state index < -0.39 is 41.4 Å². The van der Waals surface area contributed by atoms with Crippen LogP contribution in [0.4, 0.5) is 10.5 Å². The Bertz CT molecular complexity index is 1260. The maximum Gasteiger partial charge on any atom is 0.354 e. The highest BCUT2D eigenvalue weighted by Gasteiger charge is 2.37. The number of nitrogens with two attached hydrogens (primary N) is 1. The second kappa shape index (κ2) is 8.90. The van der Waals surface area contributed by atoms with Gasteiger partial charge in [0.1, 0.15) is 9.22 Å². The molecule has 0 bridgehead atoms. The first kappa shape index (κ1) is 25.1. The first-order valence-corrected chi connectivity index (χ1v) is 13.3. The third-order valence-electron chi connectivity index (χ3n) is 6.41. The molecule has 2 heterocycles. The van der Waals surface area contributed by atoms with Gasteiger partial charge in [-0.1, -0.05) is 13.8 Å². The molecule has 0 aliphatic heterocycles. The number of aryl methyl sites for hydroxylation is 1. The highest BCUT2D eigenvalue weighted by Crippen LogP contribution is 2.44. The molecule has 0 saturated heterocycles. The molecule has 34 heavy (non-hydrogen) atoms. The van der Waals surface area contributed by atoms with E-state index in [1.54, 1.807) is 0 Å². The smallest absolute Gasteiger partial charge is 0.354 e. The quantitative estimate of drug-likeness (QED) is 0.329. The van der Waals surface area contributed by atoms with Gasteiger partial charge in [-0.25, -0.2) is 19.1 Å².